The van der Waals surface area contributed by atoms with Gasteiger partial charge in [-0.2, -0.15) is 0 Å². The van der Waals surface area contributed by atoms with Gasteiger partial charge in [0.1, 0.15) is 19.0 Å². The van der Waals surface area contributed by atoms with Gasteiger partial charge in [-0.3, -0.25) is 0 Å². The number of fused-ring (bicyclic) bond motifs is 1. The van der Waals surface area contributed by atoms with Gasteiger partial charge < -0.3 is 20.4 Å². The first-order valence-electron chi connectivity index (χ1n) is 6.27. The molecule has 0 amide bonds. The number of rotatable bonds is 5. The van der Waals surface area contributed by atoms with Crippen LogP contribution in [0.3, 0.4) is 0 Å². The largest absolute Gasteiger partial charge is 0.486 e. The van der Waals surface area contributed by atoms with Crippen LogP contribution >= 0.6 is 0 Å². The van der Waals surface area contributed by atoms with Crippen molar-refractivity contribution in [2.24, 2.45) is 10.9 Å². The van der Waals surface area contributed by atoms with Crippen molar-refractivity contribution in [1.82, 2.24) is 4.31 Å². The van der Waals surface area contributed by atoms with Gasteiger partial charge in [-0.1, -0.05) is 5.16 Å². The highest BCUT2D eigenvalue weighted by Gasteiger charge is 2.23. The highest BCUT2D eigenvalue weighted by molar-refractivity contribution is 7.89. The molecular weight excluding hydrogens is 298 g/mol. The minimum atomic E-state index is -3.67. The quantitative estimate of drug-likeness (QED) is 0.347. The standard InChI is InChI=1S/C12H17N3O5S/c1-15(5-4-12(13)14-16)21(17,18)9-2-3-10-11(8-9)20-7-6-19-10/h2-3,8,16H,4-7H2,1H3,(H2,13,14). The molecule has 0 aromatic heterocycles. The zero-order valence-electron chi connectivity index (χ0n) is 11.5. The number of hydrogen-bond acceptors (Lipinski definition) is 6. The third-order valence-electron chi connectivity index (χ3n) is 3.03. The molecule has 0 saturated carbocycles. The lowest BCUT2D eigenvalue weighted by Crippen LogP contribution is -2.30. The van der Waals surface area contributed by atoms with Crippen molar-refractivity contribution in [3.8, 4) is 11.5 Å². The zero-order valence-corrected chi connectivity index (χ0v) is 12.3. The molecule has 0 atom stereocenters. The summed E-state index contributed by atoms with van der Waals surface area (Å²) in [6, 6.07) is 4.46. The number of benzene rings is 1. The van der Waals surface area contributed by atoms with Crippen molar-refractivity contribution in [2.45, 2.75) is 11.3 Å². The third kappa shape index (κ3) is 3.37. The lowest BCUT2D eigenvalue weighted by Gasteiger charge is -2.21. The SMILES string of the molecule is CN(CC/C(N)=N/O)S(=O)(=O)c1ccc2c(c1)OCCO2. The predicted octanol–water partition coefficient (Wildman–Crippen LogP) is 0.215. The Labute approximate surface area is 122 Å². The Balaban J connectivity index is 2.19. The first-order valence-corrected chi connectivity index (χ1v) is 7.71. The second-order valence-corrected chi connectivity index (χ2v) is 6.52. The van der Waals surface area contributed by atoms with Gasteiger partial charge in [0.15, 0.2) is 11.5 Å². The van der Waals surface area contributed by atoms with E-state index in [-0.39, 0.29) is 23.7 Å². The number of nitrogens with zero attached hydrogens (tertiary/aromatic N) is 2. The zero-order chi connectivity index (χ0) is 15.5. The van der Waals surface area contributed by atoms with Crippen molar-refractivity contribution >= 4 is 15.9 Å². The van der Waals surface area contributed by atoms with Crippen LogP contribution < -0.4 is 15.2 Å². The maximum atomic E-state index is 12.4. The Morgan fingerprint density at radius 2 is 2.05 bits per heavy atom. The number of hydrogen-bond donors (Lipinski definition) is 2. The summed E-state index contributed by atoms with van der Waals surface area (Å²) in [6.07, 6.45) is 0.136. The van der Waals surface area contributed by atoms with Crippen LogP contribution in [0.25, 0.3) is 0 Å². The molecule has 0 radical (unpaired) electrons. The van der Waals surface area contributed by atoms with E-state index in [0.29, 0.717) is 24.7 Å². The van der Waals surface area contributed by atoms with Gasteiger partial charge in [0, 0.05) is 26.1 Å². The molecule has 0 unspecified atom stereocenters. The van der Waals surface area contributed by atoms with Gasteiger partial charge in [-0.05, 0) is 12.1 Å². The van der Waals surface area contributed by atoms with E-state index >= 15 is 0 Å². The van der Waals surface area contributed by atoms with Gasteiger partial charge >= 0.3 is 0 Å². The number of amidine groups is 1. The van der Waals surface area contributed by atoms with E-state index in [4.69, 9.17) is 20.4 Å². The molecule has 0 spiro atoms. The van der Waals surface area contributed by atoms with Gasteiger partial charge in [0.05, 0.1) is 4.90 Å². The molecule has 1 aliphatic rings. The molecule has 116 valence electrons. The number of sulfonamides is 1. The fourth-order valence-corrected chi connectivity index (χ4v) is 2.99. The van der Waals surface area contributed by atoms with Crippen LogP contribution in [0.4, 0.5) is 0 Å². The minimum Gasteiger partial charge on any atom is -0.486 e. The molecule has 1 aliphatic heterocycles. The van der Waals surface area contributed by atoms with Crippen molar-refractivity contribution < 1.29 is 23.1 Å². The second-order valence-electron chi connectivity index (χ2n) is 4.47. The molecule has 9 heteroatoms. The Hall–Kier alpha value is -2.00. The summed E-state index contributed by atoms with van der Waals surface area (Å²) in [5.41, 5.74) is 5.34. The maximum Gasteiger partial charge on any atom is 0.242 e. The van der Waals surface area contributed by atoms with E-state index in [1.54, 1.807) is 6.07 Å². The van der Waals surface area contributed by atoms with Gasteiger partial charge in [-0.15, -0.1) is 0 Å². The summed E-state index contributed by atoms with van der Waals surface area (Å²) < 4.78 is 36.7. The summed E-state index contributed by atoms with van der Waals surface area (Å²) in [7, 11) is -2.24. The first-order chi connectivity index (χ1) is 9.95. The normalized spacial score (nSPS) is 15.2. The molecule has 8 nitrogen and oxygen atoms in total. The van der Waals surface area contributed by atoms with E-state index in [1.165, 1.54) is 19.2 Å². The molecule has 0 aliphatic carbocycles. The van der Waals surface area contributed by atoms with E-state index in [1.807, 2.05) is 0 Å². The van der Waals surface area contributed by atoms with Gasteiger partial charge in [0.25, 0.3) is 0 Å². The molecular formula is C12H17N3O5S. The molecule has 1 aromatic rings. The lowest BCUT2D eigenvalue weighted by molar-refractivity contribution is 0.171. The smallest absolute Gasteiger partial charge is 0.242 e. The highest BCUT2D eigenvalue weighted by Crippen LogP contribution is 2.32. The lowest BCUT2D eigenvalue weighted by atomic mass is 10.3. The molecule has 0 fully saturated rings. The Bertz CT molecular complexity index is 644. The van der Waals surface area contributed by atoms with Crippen molar-refractivity contribution in [1.29, 1.82) is 0 Å². The third-order valence-corrected chi connectivity index (χ3v) is 4.89. The first kappa shape index (κ1) is 15.4. The molecule has 0 bridgehead atoms. The average Bonchev–Trinajstić information content (AvgIpc) is 2.51. The fourth-order valence-electron chi connectivity index (χ4n) is 1.81. The monoisotopic (exact) mass is 315 g/mol. The molecule has 3 N–H and O–H groups in total. The van der Waals surface area contributed by atoms with Crippen molar-refractivity contribution in [3.63, 3.8) is 0 Å². The Kier molecular flexibility index (Phi) is 4.53. The number of nitrogens with two attached hydrogens (primary N) is 1. The molecule has 0 saturated heterocycles. The Morgan fingerprint density at radius 3 is 2.71 bits per heavy atom. The van der Waals surface area contributed by atoms with Crippen molar-refractivity contribution in [2.75, 3.05) is 26.8 Å². The fraction of sp³-hybridized carbons (Fsp3) is 0.417. The molecule has 2 rings (SSSR count). The van der Waals surface area contributed by atoms with Crippen LogP contribution in [0.2, 0.25) is 0 Å². The van der Waals surface area contributed by atoms with Gasteiger partial charge in [-0.25, -0.2) is 12.7 Å². The topological polar surface area (TPSA) is 114 Å². The van der Waals surface area contributed by atoms with E-state index in [2.05, 4.69) is 5.16 Å². The summed E-state index contributed by atoms with van der Waals surface area (Å²) in [5.74, 6) is 0.908. The van der Waals surface area contributed by atoms with Crippen LogP contribution in [-0.2, 0) is 10.0 Å². The number of oxime groups is 1. The summed E-state index contributed by atoms with van der Waals surface area (Å²) in [4.78, 5) is 0.105. The molecule has 1 aromatic carbocycles. The predicted molar refractivity (Wildman–Crippen MR) is 75.3 cm³/mol. The minimum absolute atomic E-state index is 0.0285. The molecule has 1 heterocycles. The number of ether oxygens (including phenoxy) is 2. The highest BCUT2D eigenvalue weighted by atomic mass is 32.2. The van der Waals surface area contributed by atoms with E-state index < -0.39 is 10.0 Å². The second kappa shape index (κ2) is 6.19. The van der Waals surface area contributed by atoms with Crippen LogP contribution in [-0.4, -0.2) is 50.6 Å². The summed E-state index contributed by atoms with van der Waals surface area (Å²) in [5, 5.41) is 11.3. The molecule has 21 heavy (non-hydrogen) atoms. The maximum absolute atomic E-state index is 12.4. The van der Waals surface area contributed by atoms with Crippen LogP contribution in [0, 0.1) is 0 Å². The van der Waals surface area contributed by atoms with Crippen LogP contribution in [0.5, 0.6) is 11.5 Å². The van der Waals surface area contributed by atoms with Crippen LogP contribution in [0.1, 0.15) is 6.42 Å². The summed E-state index contributed by atoms with van der Waals surface area (Å²) >= 11 is 0. The summed E-state index contributed by atoms with van der Waals surface area (Å²) in [6.45, 7) is 0.932. The van der Waals surface area contributed by atoms with Crippen LogP contribution in [0.15, 0.2) is 28.3 Å². The Morgan fingerprint density at radius 1 is 1.38 bits per heavy atom. The van der Waals surface area contributed by atoms with E-state index in [9.17, 15) is 8.42 Å². The van der Waals surface area contributed by atoms with E-state index in [0.717, 1.165) is 4.31 Å². The van der Waals surface area contributed by atoms with Crippen molar-refractivity contribution in [3.05, 3.63) is 18.2 Å². The van der Waals surface area contributed by atoms with Gasteiger partial charge in [0.2, 0.25) is 10.0 Å². The average molecular weight is 315 g/mol.